The number of carbonyl (C=O) groups is 5. The molecule has 4 unspecified atom stereocenters. The van der Waals surface area contributed by atoms with E-state index < -0.39 is 29.8 Å². The van der Waals surface area contributed by atoms with Gasteiger partial charge in [0.25, 0.3) is 0 Å². The smallest absolute Gasteiger partial charge is 0.243 e. The molecule has 0 radical (unpaired) electrons. The van der Waals surface area contributed by atoms with E-state index in [1.54, 1.807) is 42.0 Å². The Bertz CT molecular complexity index is 1050. The zero-order valence-corrected chi connectivity index (χ0v) is 21.7. The third-order valence-electron chi connectivity index (χ3n) is 6.73. The van der Waals surface area contributed by atoms with Crippen molar-refractivity contribution < 1.29 is 29.1 Å². The van der Waals surface area contributed by atoms with E-state index in [4.69, 9.17) is 11.5 Å². The van der Waals surface area contributed by atoms with Crippen molar-refractivity contribution in [2.24, 2.45) is 23.3 Å². The van der Waals surface area contributed by atoms with Gasteiger partial charge in [-0.15, -0.1) is 0 Å². The lowest BCUT2D eigenvalue weighted by Crippen LogP contribution is -2.55. The highest BCUT2D eigenvalue weighted by Gasteiger charge is 2.42. The van der Waals surface area contributed by atoms with E-state index in [0.717, 1.165) is 12.1 Å². The minimum absolute atomic E-state index is 0.00561. The Morgan fingerprint density at radius 1 is 1.13 bits per heavy atom. The lowest BCUT2D eigenvalue weighted by molar-refractivity contribution is -0.138. The van der Waals surface area contributed by atoms with Crippen molar-refractivity contribution in [3.05, 3.63) is 35.9 Å². The second-order valence-corrected chi connectivity index (χ2v) is 10.1. The Morgan fingerprint density at radius 3 is 2.42 bits per heavy atom. The van der Waals surface area contributed by atoms with Gasteiger partial charge in [-0.3, -0.25) is 24.0 Å². The maximum absolute atomic E-state index is 12.7. The standard InChI is InChI=1S/C25H37N7O6/c1-14(2)23(25(38)28-10-20(27)34)30-21(35)13-31-12-19(31)18-7-8-32(18)22(36)11-29-24(37)17(26)9-15-3-5-16(33)6-4-15/h3,5-6,12,14-15,17-18,23,33H,4,7-11,13,26H2,1-2H3,(H2,27,34)(H,28,38)(H,29,37)(H,30,35). The van der Waals surface area contributed by atoms with Gasteiger partial charge in [-0.05, 0) is 43.3 Å². The van der Waals surface area contributed by atoms with Crippen molar-refractivity contribution in [2.45, 2.75) is 51.2 Å². The molecule has 3 aliphatic rings. The summed E-state index contributed by atoms with van der Waals surface area (Å²) < 4.78 is 0. The van der Waals surface area contributed by atoms with E-state index in [1.165, 1.54) is 0 Å². The fourth-order valence-corrected chi connectivity index (χ4v) is 4.39. The lowest BCUT2D eigenvalue weighted by atomic mass is 9.93. The summed E-state index contributed by atoms with van der Waals surface area (Å²) in [5, 5.41) is 17.1. The molecule has 0 spiro atoms. The highest BCUT2D eigenvalue weighted by molar-refractivity contribution is 5.91. The van der Waals surface area contributed by atoms with Gasteiger partial charge in [0.2, 0.25) is 29.5 Å². The van der Waals surface area contributed by atoms with Gasteiger partial charge in [0.15, 0.2) is 0 Å². The minimum Gasteiger partial charge on any atom is -0.508 e. The number of nitrogens with zero attached hydrogens (tertiary/aromatic N) is 2. The average Bonchev–Trinajstić information content (AvgIpc) is 3.57. The van der Waals surface area contributed by atoms with Gasteiger partial charge in [-0.2, -0.15) is 0 Å². The Labute approximate surface area is 221 Å². The first-order valence-electron chi connectivity index (χ1n) is 12.7. The largest absolute Gasteiger partial charge is 0.508 e. The number of likely N-dealkylation sites (tertiary alicyclic amines) is 1. The summed E-state index contributed by atoms with van der Waals surface area (Å²) in [5.41, 5.74) is 11.9. The normalized spacial score (nSPS) is 21.5. The zero-order chi connectivity index (χ0) is 28.0. The molecule has 0 aromatic rings. The molecule has 13 nitrogen and oxygen atoms in total. The number of aliphatic hydroxyl groups excluding tert-OH is 1. The van der Waals surface area contributed by atoms with Crippen LogP contribution in [0.4, 0.5) is 0 Å². The molecule has 208 valence electrons. The number of nitrogens with one attached hydrogen (secondary N) is 3. The quantitative estimate of drug-likeness (QED) is 0.162. The summed E-state index contributed by atoms with van der Waals surface area (Å²) in [6, 6.07) is -1.77. The third-order valence-corrected chi connectivity index (χ3v) is 6.73. The first-order valence-corrected chi connectivity index (χ1v) is 12.7. The number of hydrogen-bond acceptors (Lipinski definition) is 8. The van der Waals surface area contributed by atoms with Crippen LogP contribution in [0.5, 0.6) is 0 Å². The highest BCUT2D eigenvalue weighted by Crippen LogP contribution is 2.34. The summed E-state index contributed by atoms with van der Waals surface area (Å²) in [6.07, 6.45) is 8.59. The monoisotopic (exact) mass is 531 g/mol. The number of hydrogen-bond donors (Lipinski definition) is 6. The summed E-state index contributed by atoms with van der Waals surface area (Å²) in [5.74, 6) is -2.15. The molecule has 4 atom stereocenters. The molecule has 3 rings (SSSR count). The molecule has 0 saturated carbocycles. The second-order valence-electron chi connectivity index (χ2n) is 10.1. The number of rotatable bonds is 13. The van der Waals surface area contributed by atoms with Gasteiger partial charge < -0.3 is 42.3 Å². The molecular weight excluding hydrogens is 494 g/mol. The van der Waals surface area contributed by atoms with E-state index in [9.17, 15) is 29.1 Å². The molecule has 2 heterocycles. The third kappa shape index (κ3) is 7.81. The van der Waals surface area contributed by atoms with Crippen molar-refractivity contribution in [1.82, 2.24) is 25.8 Å². The summed E-state index contributed by atoms with van der Waals surface area (Å²) >= 11 is 0. The molecule has 2 aliphatic heterocycles. The van der Waals surface area contributed by atoms with E-state index >= 15 is 0 Å². The molecule has 38 heavy (non-hydrogen) atoms. The summed E-state index contributed by atoms with van der Waals surface area (Å²) in [7, 11) is 0. The molecule has 13 heteroatoms. The van der Waals surface area contributed by atoms with Crippen molar-refractivity contribution in [3.8, 4) is 0 Å². The van der Waals surface area contributed by atoms with Gasteiger partial charge in [-0.1, -0.05) is 19.9 Å². The van der Waals surface area contributed by atoms with Crippen molar-refractivity contribution in [3.63, 3.8) is 0 Å². The Hall–Kier alpha value is -3.87. The topological polar surface area (TPSA) is 200 Å². The number of primary amides is 1. The highest BCUT2D eigenvalue weighted by atomic mass is 16.3. The van der Waals surface area contributed by atoms with Crippen LogP contribution < -0.4 is 27.4 Å². The van der Waals surface area contributed by atoms with Crippen LogP contribution in [-0.4, -0.2) is 88.7 Å². The maximum Gasteiger partial charge on any atom is 0.243 e. The first-order chi connectivity index (χ1) is 18.0. The SMILES string of the molecule is CC(C)C(NC(=O)CN1C=C1C1CCN1C(=O)CNC(=O)C(N)CC1C=CC(O)=CC1)C(=O)NCC(N)=O. The molecule has 1 fully saturated rings. The molecule has 0 aromatic heterocycles. The lowest BCUT2D eigenvalue weighted by Gasteiger charge is -2.40. The predicted molar refractivity (Wildman–Crippen MR) is 137 cm³/mol. The van der Waals surface area contributed by atoms with Crippen LogP contribution in [0.2, 0.25) is 0 Å². The van der Waals surface area contributed by atoms with E-state index in [2.05, 4.69) is 16.0 Å². The van der Waals surface area contributed by atoms with E-state index in [0.29, 0.717) is 19.4 Å². The van der Waals surface area contributed by atoms with E-state index in [-0.39, 0.29) is 55.1 Å². The summed E-state index contributed by atoms with van der Waals surface area (Å²) in [6.45, 7) is 3.60. The van der Waals surface area contributed by atoms with Crippen LogP contribution in [-0.2, 0) is 24.0 Å². The zero-order valence-electron chi connectivity index (χ0n) is 21.7. The molecule has 1 aliphatic carbocycles. The number of nitrogens with two attached hydrogens (primary N) is 2. The van der Waals surface area contributed by atoms with Gasteiger partial charge in [0.05, 0.1) is 30.9 Å². The van der Waals surface area contributed by atoms with Gasteiger partial charge in [-0.25, -0.2) is 0 Å². The fraction of sp³-hybridized carbons (Fsp3) is 0.560. The predicted octanol–water partition coefficient (Wildman–Crippen LogP) is -1.66. The van der Waals surface area contributed by atoms with Crippen LogP contribution in [0, 0.1) is 11.8 Å². The molecule has 0 aromatic carbocycles. The van der Waals surface area contributed by atoms with Crippen molar-refractivity contribution in [2.75, 3.05) is 26.2 Å². The second kappa shape index (κ2) is 12.6. The van der Waals surface area contributed by atoms with Gasteiger partial charge >= 0.3 is 0 Å². The number of amides is 5. The first kappa shape index (κ1) is 28.7. The molecule has 0 bridgehead atoms. The van der Waals surface area contributed by atoms with Gasteiger partial charge in [0, 0.05) is 12.7 Å². The Balaban J connectivity index is 1.38. The molecular formula is C25H37N7O6. The molecule has 8 N–H and O–H groups in total. The average molecular weight is 532 g/mol. The van der Waals surface area contributed by atoms with Crippen molar-refractivity contribution in [1.29, 1.82) is 0 Å². The molecule has 5 amide bonds. The number of carbonyl (C=O) groups excluding carboxylic acids is 5. The maximum atomic E-state index is 12.7. The van der Waals surface area contributed by atoms with Gasteiger partial charge in [0.1, 0.15) is 18.3 Å². The summed E-state index contributed by atoms with van der Waals surface area (Å²) in [4.78, 5) is 64.1. The van der Waals surface area contributed by atoms with Crippen LogP contribution in [0.15, 0.2) is 35.9 Å². The van der Waals surface area contributed by atoms with Crippen LogP contribution >= 0.6 is 0 Å². The van der Waals surface area contributed by atoms with Crippen LogP contribution in [0.3, 0.4) is 0 Å². The number of aliphatic hydroxyl groups is 1. The minimum atomic E-state index is -0.820. The fourth-order valence-electron chi connectivity index (χ4n) is 4.39. The van der Waals surface area contributed by atoms with Crippen molar-refractivity contribution >= 4 is 29.5 Å². The van der Waals surface area contributed by atoms with Crippen LogP contribution in [0.1, 0.15) is 33.1 Å². The Morgan fingerprint density at radius 2 is 1.84 bits per heavy atom. The van der Waals surface area contributed by atoms with E-state index in [1.807, 2.05) is 6.08 Å². The molecule has 1 saturated heterocycles. The number of allylic oxidation sites excluding steroid dienone is 3. The Kier molecular flexibility index (Phi) is 9.50. The van der Waals surface area contributed by atoms with Crippen LogP contribution in [0.25, 0.3) is 0 Å².